The fourth-order valence-electron chi connectivity index (χ4n) is 1.34. The van der Waals surface area contributed by atoms with Crippen LogP contribution < -0.4 is 15.4 Å². The van der Waals surface area contributed by atoms with Crippen molar-refractivity contribution in [3.05, 3.63) is 42.2 Å². The molecule has 1 aromatic heterocycles. The van der Waals surface area contributed by atoms with Crippen molar-refractivity contribution in [2.45, 2.75) is 0 Å². The summed E-state index contributed by atoms with van der Waals surface area (Å²) in [6.45, 7) is 0. The van der Waals surface area contributed by atoms with E-state index in [1.807, 2.05) is 0 Å². The third kappa shape index (κ3) is 3.63. The van der Waals surface area contributed by atoms with Crippen LogP contribution in [0.5, 0.6) is 5.88 Å². The quantitative estimate of drug-likeness (QED) is 0.889. The fraction of sp³-hybridized carbons (Fsp3) is 0.0833. The first-order valence-corrected chi connectivity index (χ1v) is 5.38. The van der Waals surface area contributed by atoms with Crippen LogP contribution in [-0.4, -0.2) is 23.3 Å². The molecule has 7 heteroatoms. The lowest BCUT2D eigenvalue weighted by Crippen LogP contribution is -2.20. The number of methoxy groups -OCH3 is 1. The summed E-state index contributed by atoms with van der Waals surface area (Å²) in [5, 5.41) is 12.4. The van der Waals surface area contributed by atoms with Crippen LogP contribution in [0.1, 0.15) is 0 Å². The molecule has 2 amide bonds. The normalized spacial score (nSPS) is 9.79. The number of carbonyl (C=O) groups excluding carboxylic acids is 1. The Morgan fingerprint density at radius 1 is 1.21 bits per heavy atom. The van der Waals surface area contributed by atoms with Crippen LogP contribution in [0.3, 0.4) is 0 Å². The van der Waals surface area contributed by atoms with Crippen molar-refractivity contribution in [3.63, 3.8) is 0 Å². The first-order valence-electron chi connectivity index (χ1n) is 5.38. The molecule has 98 valence electrons. The molecule has 0 spiro atoms. The van der Waals surface area contributed by atoms with Gasteiger partial charge in [-0.05, 0) is 24.3 Å². The molecule has 2 N–H and O–H groups in total. The van der Waals surface area contributed by atoms with Gasteiger partial charge in [0.05, 0.1) is 7.11 Å². The van der Waals surface area contributed by atoms with Crippen LogP contribution in [0.25, 0.3) is 0 Å². The van der Waals surface area contributed by atoms with E-state index in [2.05, 4.69) is 20.8 Å². The van der Waals surface area contributed by atoms with Gasteiger partial charge >= 0.3 is 6.03 Å². The minimum absolute atomic E-state index is 0.259. The zero-order chi connectivity index (χ0) is 13.7. The van der Waals surface area contributed by atoms with Crippen molar-refractivity contribution >= 4 is 17.5 Å². The first-order chi connectivity index (χ1) is 9.17. The van der Waals surface area contributed by atoms with Crippen molar-refractivity contribution in [1.82, 2.24) is 10.2 Å². The highest BCUT2D eigenvalue weighted by atomic mass is 19.1. The monoisotopic (exact) mass is 262 g/mol. The molecule has 19 heavy (non-hydrogen) atoms. The predicted molar refractivity (Wildman–Crippen MR) is 67.6 cm³/mol. The Balaban J connectivity index is 1.97. The summed E-state index contributed by atoms with van der Waals surface area (Å²) in [7, 11) is 1.47. The topological polar surface area (TPSA) is 76.1 Å². The van der Waals surface area contributed by atoms with E-state index in [-0.39, 0.29) is 5.82 Å². The van der Waals surface area contributed by atoms with Crippen LogP contribution in [0, 0.1) is 5.82 Å². The van der Waals surface area contributed by atoms with E-state index in [4.69, 9.17) is 4.74 Å². The summed E-state index contributed by atoms with van der Waals surface area (Å²) in [5.41, 5.74) is 0.346. The lowest BCUT2D eigenvalue weighted by molar-refractivity contribution is 0.262. The van der Waals surface area contributed by atoms with Crippen molar-refractivity contribution in [1.29, 1.82) is 0 Å². The van der Waals surface area contributed by atoms with Gasteiger partial charge in [0.25, 0.3) is 0 Å². The summed E-state index contributed by atoms with van der Waals surface area (Å²) in [5.74, 6) is 0.174. The van der Waals surface area contributed by atoms with E-state index in [9.17, 15) is 9.18 Å². The number of ether oxygens (including phenoxy) is 1. The number of benzene rings is 1. The van der Waals surface area contributed by atoms with E-state index in [0.717, 1.165) is 0 Å². The summed E-state index contributed by atoms with van der Waals surface area (Å²) in [6.07, 6.45) is 0. The van der Waals surface area contributed by atoms with E-state index >= 15 is 0 Å². The molecule has 0 bridgehead atoms. The number of halogens is 1. The molecular weight excluding hydrogens is 251 g/mol. The number of aromatic nitrogens is 2. The molecular formula is C12H11FN4O2. The van der Waals surface area contributed by atoms with Crippen LogP contribution in [0.15, 0.2) is 36.4 Å². The van der Waals surface area contributed by atoms with Crippen LogP contribution in [0.2, 0.25) is 0 Å². The van der Waals surface area contributed by atoms with Crippen LogP contribution in [0.4, 0.5) is 20.7 Å². The van der Waals surface area contributed by atoms with Gasteiger partial charge in [-0.1, -0.05) is 6.07 Å². The van der Waals surface area contributed by atoms with Crippen molar-refractivity contribution in [3.8, 4) is 5.88 Å². The van der Waals surface area contributed by atoms with Crippen molar-refractivity contribution in [2.75, 3.05) is 17.7 Å². The number of hydrogen-bond acceptors (Lipinski definition) is 4. The Morgan fingerprint density at radius 2 is 2.05 bits per heavy atom. The third-order valence-electron chi connectivity index (χ3n) is 2.17. The molecule has 6 nitrogen and oxygen atoms in total. The number of nitrogens with one attached hydrogen (secondary N) is 2. The Kier molecular flexibility index (Phi) is 3.87. The fourth-order valence-corrected chi connectivity index (χ4v) is 1.34. The summed E-state index contributed by atoms with van der Waals surface area (Å²) < 4.78 is 17.8. The molecule has 0 atom stereocenters. The second kappa shape index (κ2) is 5.76. The minimum atomic E-state index is -0.537. The molecule has 0 aliphatic rings. The van der Waals surface area contributed by atoms with Gasteiger partial charge in [0.1, 0.15) is 5.82 Å². The Hall–Kier alpha value is -2.70. The molecule has 0 aliphatic carbocycles. The zero-order valence-electron chi connectivity index (χ0n) is 10.1. The van der Waals surface area contributed by atoms with Gasteiger partial charge in [0.2, 0.25) is 5.88 Å². The van der Waals surface area contributed by atoms with E-state index in [1.165, 1.54) is 31.4 Å². The summed E-state index contributed by atoms with van der Waals surface area (Å²) in [6, 6.07) is 8.13. The third-order valence-corrected chi connectivity index (χ3v) is 2.17. The minimum Gasteiger partial charge on any atom is -0.480 e. The molecule has 0 saturated heterocycles. The lowest BCUT2D eigenvalue weighted by atomic mass is 10.3. The number of carbonyl (C=O) groups is 1. The standard InChI is InChI=1S/C12H11FN4O2/c1-19-11-6-5-10(16-17-11)15-12(18)14-9-4-2-3-8(13)7-9/h2-7H,1H3,(H2,14,15,16,18). The molecule has 0 radical (unpaired) electrons. The van der Waals surface area contributed by atoms with Gasteiger partial charge in [0, 0.05) is 11.8 Å². The van der Waals surface area contributed by atoms with Gasteiger partial charge in [-0.3, -0.25) is 5.32 Å². The van der Waals surface area contributed by atoms with Crippen LogP contribution in [-0.2, 0) is 0 Å². The van der Waals surface area contributed by atoms with E-state index in [0.29, 0.717) is 11.6 Å². The maximum Gasteiger partial charge on any atom is 0.324 e. The van der Waals surface area contributed by atoms with Gasteiger partial charge in [0.15, 0.2) is 5.82 Å². The Morgan fingerprint density at radius 3 is 2.68 bits per heavy atom. The zero-order valence-corrected chi connectivity index (χ0v) is 10.1. The number of amides is 2. The average molecular weight is 262 g/mol. The molecule has 2 rings (SSSR count). The molecule has 2 aromatic rings. The molecule has 1 aromatic carbocycles. The SMILES string of the molecule is COc1ccc(NC(=O)Nc2cccc(F)c2)nn1. The molecule has 0 saturated carbocycles. The van der Waals surface area contributed by atoms with Gasteiger partial charge < -0.3 is 10.1 Å². The second-order valence-corrected chi connectivity index (χ2v) is 3.55. The van der Waals surface area contributed by atoms with E-state index < -0.39 is 11.8 Å². The smallest absolute Gasteiger partial charge is 0.324 e. The molecule has 0 aliphatic heterocycles. The highest BCUT2D eigenvalue weighted by molar-refractivity contribution is 5.99. The highest BCUT2D eigenvalue weighted by Crippen LogP contribution is 2.11. The number of urea groups is 1. The summed E-state index contributed by atoms with van der Waals surface area (Å²) >= 11 is 0. The van der Waals surface area contributed by atoms with Gasteiger partial charge in [-0.15, -0.1) is 10.2 Å². The largest absolute Gasteiger partial charge is 0.480 e. The maximum atomic E-state index is 12.9. The highest BCUT2D eigenvalue weighted by Gasteiger charge is 2.05. The van der Waals surface area contributed by atoms with Gasteiger partial charge in [-0.2, -0.15) is 0 Å². The number of nitrogens with zero attached hydrogens (tertiary/aromatic N) is 2. The number of rotatable bonds is 3. The Labute approximate surface area is 108 Å². The van der Waals surface area contributed by atoms with Gasteiger partial charge in [-0.25, -0.2) is 9.18 Å². The van der Waals surface area contributed by atoms with E-state index in [1.54, 1.807) is 12.1 Å². The Bertz CT molecular complexity index is 574. The molecule has 1 heterocycles. The van der Waals surface area contributed by atoms with Crippen molar-refractivity contribution in [2.24, 2.45) is 0 Å². The maximum absolute atomic E-state index is 12.9. The van der Waals surface area contributed by atoms with Crippen LogP contribution >= 0.6 is 0 Å². The first kappa shape index (κ1) is 12.7. The predicted octanol–water partition coefficient (Wildman–Crippen LogP) is 2.27. The summed E-state index contributed by atoms with van der Waals surface area (Å²) in [4.78, 5) is 11.6. The lowest BCUT2D eigenvalue weighted by Gasteiger charge is -2.06. The second-order valence-electron chi connectivity index (χ2n) is 3.55. The molecule has 0 fully saturated rings. The molecule has 0 unspecified atom stereocenters. The average Bonchev–Trinajstić information content (AvgIpc) is 2.39. The number of anilines is 2. The van der Waals surface area contributed by atoms with Crippen molar-refractivity contribution < 1.29 is 13.9 Å². The number of hydrogen-bond donors (Lipinski definition) is 2.